The van der Waals surface area contributed by atoms with E-state index in [1.54, 1.807) is 23.6 Å². The molecule has 0 saturated heterocycles. The Kier molecular flexibility index (Phi) is 4.88. The molecule has 25 heavy (non-hydrogen) atoms. The minimum Gasteiger partial charge on any atom is -0.495 e. The van der Waals surface area contributed by atoms with Gasteiger partial charge < -0.3 is 14.8 Å². The summed E-state index contributed by atoms with van der Waals surface area (Å²) >= 11 is 0. The third-order valence-corrected chi connectivity index (χ3v) is 3.89. The van der Waals surface area contributed by atoms with Crippen LogP contribution in [-0.4, -0.2) is 29.0 Å². The van der Waals surface area contributed by atoms with Gasteiger partial charge in [-0.1, -0.05) is 19.1 Å². The predicted molar refractivity (Wildman–Crippen MR) is 96.7 cm³/mol. The summed E-state index contributed by atoms with van der Waals surface area (Å²) in [5.74, 6) is 1.04. The summed E-state index contributed by atoms with van der Waals surface area (Å²) in [6, 6.07) is 11.0. The van der Waals surface area contributed by atoms with Crippen LogP contribution in [0.2, 0.25) is 0 Å². The van der Waals surface area contributed by atoms with Gasteiger partial charge in [0.15, 0.2) is 11.4 Å². The van der Waals surface area contributed by atoms with E-state index in [4.69, 9.17) is 9.47 Å². The number of benzene rings is 1. The van der Waals surface area contributed by atoms with E-state index < -0.39 is 0 Å². The van der Waals surface area contributed by atoms with E-state index in [1.165, 1.54) is 0 Å². The third-order valence-electron chi connectivity index (χ3n) is 3.89. The Labute approximate surface area is 146 Å². The van der Waals surface area contributed by atoms with E-state index in [2.05, 4.69) is 10.3 Å². The van der Waals surface area contributed by atoms with Gasteiger partial charge in [-0.25, -0.2) is 4.98 Å². The third kappa shape index (κ3) is 3.15. The topological polar surface area (TPSA) is 64.9 Å². The molecule has 0 unspecified atom stereocenters. The van der Waals surface area contributed by atoms with E-state index in [0.29, 0.717) is 41.6 Å². The zero-order valence-electron chi connectivity index (χ0n) is 14.6. The Hall–Kier alpha value is -3.02. The van der Waals surface area contributed by atoms with Crippen molar-refractivity contribution in [2.75, 3.05) is 19.0 Å². The number of hydrogen-bond donors (Lipinski definition) is 1. The highest BCUT2D eigenvalue weighted by Crippen LogP contribution is 2.26. The Bertz CT molecular complexity index is 902. The van der Waals surface area contributed by atoms with Crippen molar-refractivity contribution in [1.82, 2.24) is 9.38 Å². The smallest absolute Gasteiger partial charge is 0.274 e. The molecule has 3 aromatic rings. The minimum atomic E-state index is -0.234. The number of pyridine rings is 1. The fraction of sp³-hybridized carbons (Fsp3) is 0.263. The number of ether oxygens (including phenoxy) is 2. The average molecular weight is 339 g/mol. The van der Waals surface area contributed by atoms with Crippen molar-refractivity contribution in [3.63, 3.8) is 0 Å². The fourth-order valence-electron chi connectivity index (χ4n) is 2.77. The Balaban J connectivity index is 2.05. The van der Waals surface area contributed by atoms with E-state index in [-0.39, 0.29) is 5.91 Å². The summed E-state index contributed by atoms with van der Waals surface area (Å²) in [4.78, 5) is 17.5. The summed E-state index contributed by atoms with van der Waals surface area (Å²) in [5, 5.41) is 2.92. The molecule has 0 spiro atoms. The number of nitrogens with one attached hydrogen (secondary N) is 1. The Morgan fingerprint density at radius 3 is 2.64 bits per heavy atom. The van der Waals surface area contributed by atoms with Crippen LogP contribution in [0.15, 0.2) is 42.6 Å². The van der Waals surface area contributed by atoms with Crippen LogP contribution in [0.1, 0.15) is 30.0 Å². The molecule has 6 nitrogen and oxygen atoms in total. The second-order valence-corrected chi connectivity index (χ2v) is 5.41. The number of aryl methyl sites for hydroxylation is 1. The molecular formula is C19H21N3O3. The zero-order valence-corrected chi connectivity index (χ0v) is 14.6. The fourth-order valence-corrected chi connectivity index (χ4v) is 2.77. The summed E-state index contributed by atoms with van der Waals surface area (Å²) in [5.41, 5.74) is 2.49. The molecule has 0 aliphatic rings. The minimum absolute atomic E-state index is 0.234. The van der Waals surface area contributed by atoms with Crippen LogP contribution >= 0.6 is 0 Å². The number of methoxy groups -OCH3 is 1. The normalized spacial score (nSPS) is 10.7. The standard InChI is InChI=1S/C19H21N3O3/c1-4-13-17(19(23)21-14-9-6-7-10-15(14)24-3)22-12-8-11-16(25-5-2)18(22)20-13/h6-12H,4-5H2,1-3H3,(H,21,23). The molecular weight excluding hydrogens is 318 g/mol. The molecule has 2 heterocycles. The van der Waals surface area contributed by atoms with Gasteiger partial charge in [-0.3, -0.25) is 9.20 Å². The van der Waals surface area contributed by atoms with Gasteiger partial charge >= 0.3 is 0 Å². The van der Waals surface area contributed by atoms with Gasteiger partial charge in [0.05, 0.1) is 25.1 Å². The number of nitrogens with zero attached hydrogens (tertiary/aromatic N) is 2. The first-order valence-corrected chi connectivity index (χ1v) is 8.26. The van der Waals surface area contributed by atoms with E-state index in [0.717, 1.165) is 5.69 Å². The van der Waals surface area contributed by atoms with Crippen LogP contribution in [0.25, 0.3) is 5.65 Å². The lowest BCUT2D eigenvalue weighted by Crippen LogP contribution is -2.16. The second-order valence-electron chi connectivity index (χ2n) is 5.41. The molecule has 0 bridgehead atoms. The van der Waals surface area contributed by atoms with Crippen LogP contribution in [0.4, 0.5) is 5.69 Å². The molecule has 3 rings (SSSR count). The number of hydrogen-bond acceptors (Lipinski definition) is 4. The van der Waals surface area contributed by atoms with Crippen molar-refractivity contribution in [2.24, 2.45) is 0 Å². The van der Waals surface area contributed by atoms with Crippen LogP contribution < -0.4 is 14.8 Å². The summed E-state index contributed by atoms with van der Waals surface area (Å²) < 4.78 is 12.7. The largest absolute Gasteiger partial charge is 0.495 e. The molecule has 1 amide bonds. The maximum atomic E-state index is 12.9. The lowest BCUT2D eigenvalue weighted by molar-refractivity contribution is 0.102. The van der Waals surface area contributed by atoms with Crippen LogP contribution in [0.5, 0.6) is 11.5 Å². The zero-order chi connectivity index (χ0) is 17.8. The molecule has 0 aliphatic heterocycles. The number of carbonyl (C=O) groups is 1. The molecule has 0 aliphatic carbocycles. The highest BCUT2D eigenvalue weighted by atomic mass is 16.5. The molecule has 1 aromatic carbocycles. The van der Waals surface area contributed by atoms with Crippen molar-refractivity contribution in [2.45, 2.75) is 20.3 Å². The molecule has 0 saturated carbocycles. The quantitative estimate of drug-likeness (QED) is 0.746. The summed E-state index contributed by atoms with van der Waals surface area (Å²) in [7, 11) is 1.57. The van der Waals surface area contributed by atoms with Gasteiger partial charge in [-0.05, 0) is 37.6 Å². The molecule has 0 fully saturated rings. The van der Waals surface area contributed by atoms with Crippen molar-refractivity contribution < 1.29 is 14.3 Å². The first-order valence-electron chi connectivity index (χ1n) is 8.26. The molecule has 130 valence electrons. The van der Waals surface area contributed by atoms with Gasteiger partial charge in [0, 0.05) is 6.20 Å². The number of carbonyl (C=O) groups excluding carboxylic acids is 1. The van der Waals surface area contributed by atoms with E-state index >= 15 is 0 Å². The number of para-hydroxylation sites is 2. The number of amides is 1. The SMILES string of the molecule is CCOc1cccn2c(C(=O)Nc3ccccc3OC)c(CC)nc12. The lowest BCUT2D eigenvalue weighted by Gasteiger charge is -2.10. The van der Waals surface area contributed by atoms with Gasteiger partial charge in [-0.2, -0.15) is 0 Å². The van der Waals surface area contributed by atoms with E-state index in [1.807, 2.05) is 44.3 Å². The molecule has 0 atom stereocenters. The van der Waals surface area contributed by atoms with Gasteiger partial charge in [0.25, 0.3) is 5.91 Å². The summed E-state index contributed by atoms with van der Waals surface area (Å²) in [6.45, 7) is 4.43. The van der Waals surface area contributed by atoms with Gasteiger partial charge in [0.2, 0.25) is 0 Å². The predicted octanol–water partition coefficient (Wildman–Crippen LogP) is 3.56. The van der Waals surface area contributed by atoms with Gasteiger partial charge in [0.1, 0.15) is 11.4 Å². The molecule has 2 aromatic heterocycles. The molecule has 6 heteroatoms. The first-order chi connectivity index (χ1) is 12.2. The van der Waals surface area contributed by atoms with E-state index in [9.17, 15) is 4.79 Å². The lowest BCUT2D eigenvalue weighted by atomic mass is 10.2. The van der Waals surface area contributed by atoms with Gasteiger partial charge in [-0.15, -0.1) is 0 Å². The maximum Gasteiger partial charge on any atom is 0.274 e. The first kappa shape index (κ1) is 16.8. The number of anilines is 1. The van der Waals surface area contributed by atoms with Crippen LogP contribution in [0, 0.1) is 0 Å². The average Bonchev–Trinajstić information content (AvgIpc) is 3.02. The summed E-state index contributed by atoms with van der Waals surface area (Å²) in [6.07, 6.45) is 2.46. The van der Waals surface area contributed by atoms with Crippen LogP contribution in [0.3, 0.4) is 0 Å². The van der Waals surface area contributed by atoms with Crippen molar-refractivity contribution >= 4 is 17.2 Å². The highest BCUT2D eigenvalue weighted by Gasteiger charge is 2.21. The molecule has 0 radical (unpaired) electrons. The van der Waals surface area contributed by atoms with Crippen molar-refractivity contribution in [3.05, 3.63) is 54.0 Å². The van der Waals surface area contributed by atoms with Crippen molar-refractivity contribution in [1.29, 1.82) is 0 Å². The monoisotopic (exact) mass is 339 g/mol. The van der Waals surface area contributed by atoms with Crippen molar-refractivity contribution in [3.8, 4) is 11.5 Å². The number of fused-ring (bicyclic) bond motifs is 1. The highest BCUT2D eigenvalue weighted by molar-refractivity contribution is 6.05. The second kappa shape index (κ2) is 7.25. The Morgan fingerprint density at radius 1 is 1.16 bits per heavy atom. The number of aromatic nitrogens is 2. The molecule has 1 N–H and O–H groups in total. The Morgan fingerprint density at radius 2 is 1.92 bits per heavy atom. The maximum absolute atomic E-state index is 12.9. The van der Waals surface area contributed by atoms with Crippen LogP contribution in [-0.2, 0) is 6.42 Å². The number of rotatable bonds is 6. The number of imidazole rings is 1.